The van der Waals surface area contributed by atoms with E-state index in [2.05, 4.69) is 5.32 Å². The maximum absolute atomic E-state index is 13.8. The lowest BCUT2D eigenvalue weighted by molar-refractivity contribution is 0.00983. The van der Waals surface area contributed by atoms with Gasteiger partial charge in [-0.05, 0) is 25.5 Å². The molecule has 0 bridgehead atoms. The molecule has 2 unspecified atom stereocenters. The first-order valence-electron chi connectivity index (χ1n) is 6.98. The van der Waals surface area contributed by atoms with Gasteiger partial charge in [0.15, 0.2) is 0 Å². The molecule has 1 aliphatic heterocycles. The average molecular weight is 267 g/mol. The maximum atomic E-state index is 13.8. The Morgan fingerprint density at radius 2 is 2.32 bits per heavy atom. The predicted molar refractivity (Wildman–Crippen MR) is 72.6 cm³/mol. The quantitative estimate of drug-likeness (QED) is 0.824. The Kier molecular flexibility index (Phi) is 5.76. The van der Waals surface area contributed by atoms with E-state index in [1.807, 2.05) is 13.0 Å². The molecule has 0 aliphatic carbocycles. The number of benzene rings is 1. The normalized spacial score (nSPS) is 20.6. The highest BCUT2D eigenvalue weighted by Gasteiger charge is 2.18. The van der Waals surface area contributed by atoms with E-state index in [-0.39, 0.29) is 18.0 Å². The minimum atomic E-state index is -0.186. The third-order valence-corrected chi connectivity index (χ3v) is 3.34. The summed E-state index contributed by atoms with van der Waals surface area (Å²) in [6, 6.07) is 6.74. The molecule has 4 heteroatoms. The van der Waals surface area contributed by atoms with Crippen LogP contribution < -0.4 is 5.32 Å². The van der Waals surface area contributed by atoms with Crippen LogP contribution in [0, 0.1) is 5.82 Å². The Balaban J connectivity index is 1.87. The van der Waals surface area contributed by atoms with Crippen molar-refractivity contribution < 1.29 is 13.9 Å². The van der Waals surface area contributed by atoms with E-state index < -0.39 is 0 Å². The number of halogens is 1. The monoisotopic (exact) mass is 267 g/mol. The van der Waals surface area contributed by atoms with Crippen molar-refractivity contribution in [3.05, 3.63) is 35.6 Å². The molecule has 0 radical (unpaired) electrons. The van der Waals surface area contributed by atoms with Crippen LogP contribution in [0.2, 0.25) is 0 Å². The SMILES string of the molecule is CCNC(COCC1CCCO1)c1ccccc1F. The summed E-state index contributed by atoms with van der Waals surface area (Å²) in [4.78, 5) is 0. The molecule has 2 rings (SSSR count). The first-order valence-corrected chi connectivity index (χ1v) is 6.98. The zero-order chi connectivity index (χ0) is 13.5. The fraction of sp³-hybridized carbons (Fsp3) is 0.600. The van der Waals surface area contributed by atoms with Gasteiger partial charge in [-0.25, -0.2) is 4.39 Å². The third kappa shape index (κ3) is 4.27. The highest BCUT2D eigenvalue weighted by atomic mass is 19.1. The van der Waals surface area contributed by atoms with Gasteiger partial charge in [0.25, 0.3) is 0 Å². The molecule has 0 amide bonds. The first-order chi connectivity index (χ1) is 9.31. The Morgan fingerprint density at radius 1 is 1.47 bits per heavy atom. The van der Waals surface area contributed by atoms with Gasteiger partial charge in [-0.15, -0.1) is 0 Å². The summed E-state index contributed by atoms with van der Waals surface area (Å²) >= 11 is 0. The molecular weight excluding hydrogens is 245 g/mol. The van der Waals surface area contributed by atoms with Crippen LogP contribution in [0.4, 0.5) is 4.39 Å². The predicted octanol–water partition coefficient (Wildman–Crippen LogP) is 2.67. The van der Waals surface area contributed by atoms with Crippen LogP contribution in [0.15, 0.2) is 24.3 Å². The fourth-order valence-electron chi connectivity index (χ4n) is 2.36. The highest BCUT2D eigenvalue weighted by molar-refractivity contribution is 5.21. The smallest absolute Gasteiger partial charge is 0.128 e. The largest absolute Gasteiger partial charge is 0.377 e. The average Bonchev–Trinajstić information content (AvgIpc) is 2.92. The van der Waals surface area contributed by atoms with Crippen molar-refractivity contribution in [3.8, 4) is 0 Å². The first kappa shape index (κ1) is 14.4. The van der Waals surface area contributed by atoms with Gasteiger partial charge in [0.2, 0.25) is 0 Å². The molecule has 1 saturated heterocycles. The van der Waals surface area contributed by atoms with Crippen LogP contribution in [0.25, 0.3) is 0 Å². The van der Waals surface area contributed by atoms with Gasteiger partial charge in [-0.2, -0.15) is 0 Å². The fourth-order valence-corrected chi connectivity index (χ4v) is 2.36. The molecule has 1 aliphatic rings. The van der Waals surface area contributed by atoms with Crippen LogP contribution in [0.3, 0.4) is 0 Å². The van der Waals surface area contributed by atoms with Crippen molar-refractivity contribution in [2.75, 3.05) is 26.4 Å². The van der Waals surface area contributed by atoms with Crippen molar-refractivity contribution in [3.63, 3.8) is 0 Å². The summed E-state index contributed by atoms with van der Waals surface area (Å²) in [6.07, 6.45) is 2.38. The van der Waals surface area contributed by atoms with E-state index in [4.69, 9.17) is 9.47 Å². The Labute approximate surface area is 114 Å². The molecule has 19 heavy (non-hydrogen) atoms. The minimum absolute atomic E-state index is 0.104. The molecule has 1 aromatic rings. The van der Waals surface area contributed by atoms with Crippen LogP contribution >= 0.6 is 0 Å². The van der Waals surface area contributed by atoms with E-state index >= 15 is 0 Å². The third-order valence-electron chi connectivity index (χ3n) is 3.34. The molecule has 2 atom stereocenters. The van der Waals surface area contributed by atoms with E-state index in [1.165, 1.54) is 6.07 Å². The van der Waals surface area contributed by atoms with Gasteiger partial charge in [-0.3, -0.25) is 0 Å². The lowest BCUT2D eigenvalue weighted by atomic mass is 10.1. The molecule has 1 N–H and O–H groups in total. The lowest BCUT2D eigenvalue weighted by Crippen LogP contribution is -2.28. The molecule has 1 fully saturated rings. The Bertz CT molecular complexity index is 380. The summed E-state index contributed by atoms with van der Waals surface area (Å²) in [6.45, 7) is 4.68. The molecule has 1 aromatic carbocycles. The van der Waals surface area contributed by atoms with Crippen molar-refractivity contribution in [1.29, 1.82) is 0 Å². The van der Waals surface area contributed by atoms with E-state index in [1.54, 1.807) is 12.1 Å². The summed E-state index contributed by atoms with van der Waals surface area (Å²) in [5.41, 5.74) is 0.664. The highest BCUT2D eigenvalue weighted by Crippen LogP contribution is 2.18. The molecule has 1 heterocycles. The summed E-state index contributed by atoms with van der Waals surface area (Å²) in [5, 5.41) is 3.26. The van der Waals surface area contributed by atoms with Gasteiger partial charge in [0, 0.05) is 12.2 Å². The standard InChI is InChI=1S/C15H22FNO2/c1-2-17-15(13-7-3-4-8-14(13)16)11-18-10-12-6-5-9-19-12/h3-4,7-8,12,15,17H,2,5-6,9-11H2,1H3. The second-order valence-electron chi connectivity index (χ2n) is 4.80. The number of likely N-dealkylation sites (N-methyl/N-ethyl adjacent to an activating group) is 1. The molecular formula is C15H22FNO2. The summed E-state index contributed by atoms with van der Waals surface area (Å²) < 4.78 is 25.0. The maximum Gasteiger partial charge on any atom is 0.128 e. The Morgan fingerprint density at radius 3 is 3.00 bits per heavy atom. The number of ether oxygens (including phenoxy) is 2. The minimum Gasteiger partial charge on any atom is -0.377 e. The number of hydrogen-bond acceptors (Lipinski definition) is 3. The van der Waals surface area contributed by atoms with Crippen molar-refractivity contribution in [2.24, 2.45) is 0 Å². The zero-order valence-electron chi connectivity index (χ0n) is 11.4. The van der Waals surface area contributed by atoms with Gasteiger partial charge in [-0.1, -0.05) is 25.1 Å². The van der Waals surface area contributed by atoms with Crippen molar-refractivity contribution in [1.82, 2.24) is 5.32 Å². The zero-order valence-corrected chi connectivity index (χ0v) is 11.4. The molecule has 0 saturated carbocycles. The Hall–Kier alpha value is -0.970. The van der Waals surface area contributed by atoms with Gasteiger partial charge in [0.05, 0.1) is 25.4 Å². The van der Waals surface area contributed by atoms with Crippen molar-refractivity contribution in [2.45, 2.75) is 31.9 Å². The second-order valence-corrected chi connectivity index (χ2v) is 4.80. The molecule has 3 nitrogen and oxygen atoms in total. The van der Waals surface area contributed by atoms with Crippen LogP contribution in [0.1, 0.15) is 31.4 Å². The van der Waals surface area contributed by atoms with Gasteiger partial charge < -0.3 is 14.8 Å². The number of hydrogen-bond donors (Lipinski definition) is 1. The molecule has 0 aromatic heterocycles. The summed E-state index contributed by atoms with van der Waals surface area (Å²) in [5.74, 6) is -0.186. The van der Waals surface area contributed by atoms with E-state index in [0.717, 1.165) is 26.0 Å². The van der Waals surface area contributed by atoms with Crippen LogP contribution in [0.5, 0.6) is 0 Å². The van der Waals surface area contributed by atoms with Gasteiger partial charge in [0.1, 0.15) is 5.82 Å². The second kappa shape index (κ2) is 7.58. The molecule has 106 valence electrons. The topological polar surface area (TPSA) is 30.5 Å². The van der Waals surface area contributed by atoms with E-state index in [0.29, 0.717) is 18.8 Å². The number of nitrogens with one attached hydrogen (secondary N) is 1. The van der Waals surface area contributed by atoms with Crippen LogP contribution in [-0.2, 0) is 9.47 Å². The van der Waals surface area contributed by atoms with Crippen molar-refractivity contribution >= 4 is 0 Å². The van der Waals surface area contributed by atoms with Crippen LogP contribution in [-0.4, -0.2) is 32.5 Å². The van der Waals surface area contributed by atoms with E-state index in [9.17, 15) is 4.39 Å². The number of rotatable bonds is 7. The summed E-state index contributed by atoms with van der Waals surface area (Å²) in [7, 11) is 0. The van der Waals surface area contributed by atoms with Gasteiger partial charge >= 0.3 is 0 Å². The molecule has 0 spiro atoms. The lowest BCUT2D eigenvalue weighted by Gasteiger charge is -2.20.